The Morgan fingerprint density at radius 1 is 1.15 bits per heavy atom. The summed E-state index contributed by atoms with van der Waals surface area (Å²) in [4.78, 5) is 21.7. The lowest BCUT2D eigenvalue weighted by Gasteiger charge is -2.45. The highest BCUT2D eigenvalue weighted by Gasteiger charge is 2.42. The number of benzene rings is 2. The van der Waals surface area contributed by atoms with Crippen LogP contribution in [0.5, 0.6) is 0 Å². The molecule has 3 aromatic rings. The van der Waals surface area contributed by atoms with Crippen LogP contribution in [0.4, 0.5) is 10.1 Å². The largest absolute Gasteiger partial charge is 0.367 e. The molecule has 0 bridgehead atoms. The zero-order valence-corrected chi connectivity index (χ0v) is 20.2. The SMILES string of the molecule is CCNC(=O)C(C)(c1ccccc1)N1CCN(c2ccc(-c3nc(C(C)C)no3)cc2F)CC1. The molecule has 1 aliphatic rings. The third kappa shape index (κ3) is 4.55. The summed E-state index contributed by atoms with van der Waals surface area (Å²) in [5.74, 6) is 0.706. The molecule has 0 aliphatic carbocycles. The maximum Gasteiger partial charge on any atom is 0.258 e. The van der Waals surface area contributed by atoms with Gasteiger partial charge in [-0.05, 0) is 37.6 Å². The van der Waals surface area contributed by atoms with E-state index in [0.29, 0.717) is 55.7 Å². The normalized spacial score (nSPS) is 16.5. The number of rotatable bonds is 7. The standard InChI is InChI=1S/C26H32FN5O2/c1-5-28-25(33)26(4,20-9-7-6-8-10-20)32-15-13-31(14-16-32)22-12-11-19(17-21(22)27)24-29-23(18(2)3)30-34-24/h6-12,17-18H,5,13-16H2,1-4H3,(H,28,33). The Balaban J connectivity index is 1.51. The molecule has 7 nitrogen and oxygen atoms in total. The van der Waals surface area contributed by atoms with Crippen molar-refractivity contribution >= 4 is 11.6 Å². The highest BCUT2D eigenvalue weighted by Crippen LogP contribution is 2.32. The van der Waals surface area contributed by atoms with Crippen molar-refractivity contribution in [3.63, 3.8) is 0 Å². The number of hydrogen-bond donors (Lipinski definition) is 1. The zero-order chi connectivity index (χ0) is 24.3. The van der Waals surface area contributed by atoms with Crippen molar-refractivity contribution in [2.75, 3.05) is 37.6 Å². The van der Waals surface area contributed by atoms with Crippen LogP contribution in [-0.4, -0.2) is 53.7 Å². The van der Waals surface area contributed by atoms with E-state index >= 15 is 4.39 Å². The molecule has 1 unspecified atom stereocenters. The van der Waals surface area contributed by atoms with Gasteiger partial charge in [0.1, 0.15) is 11.4 Å². The molecule has 180 valence electrons. The van der Waals surface area contributed by atoms with Gasteiger partial charge in [-0.1, -0.05) is 49.3 Å². The molecule has 8 heteroatoms. The van der Waals surface area contributed by atoms with Crippen LogP contribution in [0, 0.1) is 5.82 Å². The number of carbonyl (C=O) groups is 1. The van der Waals surface area contributed by atoms with Crippen LogP contribution in [0.2, 0.25) is 0 Å². The van der Waals surface area contributed by atoms with Gasteiger partial charge in [0, 0.05) is 44.2 Å². The molecule has 0 radical (unpaired) electrons. The van der Waals surface area contributed by atoms with E-state index in [0.717, 1.165) is 5.56 Å². The molecular formula is C26H32FN5O2. The molecule has 1 saturated heterocycles. The lowest BCUT2D eigenvalue weighted by atomic mass is 9.88. The second-order valence-electron chi connectivity index (χ2n) is 9.05. The van der Waals surface area contributed by atoms with Gasteiger partial charge >= 0.3 is 0 Å². The number of likely N-dealkylation sites (N-methyl/N-ethyl adjacent to an activating group) is 1. The number of aromatic nitrogens is 2. The van der Waals surface area contributed by atoms with E-state index in [4.69, 9.17) is 4.52 Å². The Kier molecular flexibility index (Phi) is 6.97. The van der Waals surface area contributed by atoms with Crippen molar-refractivity contribution in [3.05, 3.63) is 65.7 Å². The topological polar surface area (TPSA) is 74.5 Å². The monoisotopic (exact) mass is 465 g/mol. The lowest BCUT2D eigenvalue weighted by Crippen LogP contribution is -2.60. The number of nitrogens with one attached hydrogen (secondary N) is 1. The van der Waals surface area contributed by atoms with Gasteiger partial charge in [0.15, 0.2) is 5.82 Å². The van der Waals surface area contributed by atoms with E-state index < -0.39 is 5.54 Å². The van der Waals surface area contributed by atoms with Crippen molar-refractivity contribution in [1.82, 2.24) is 20.4 Å². The lowest BCUT2D eigenvalue weighted by molar-refractivity contribution is -0.133. The molecule has 4 rings (SSSR count). The second-order valence-corrected chi connectivity index (χ2v) is 9.05. The van der Waals surface area contributed by atoms with Crippen molar-refractivity contribution in [3.8, 4) is 11.5 Å². The molecule has 2 aromatic carbocycles. The van der Waals surface area contributed by atoms with Crippen LogP contribution < -0.4 is 10.2 Å². The maximum absolute atomic E-state index is 15.1. The van der Waals surface area contributed by atoms with Gasteiger partial charge in [0.05, 0.1) is 5.69 Å². The molecular weight excluding hydrogens is 433 g/mol. The summed E-state index contributed by atoms with van der Waals surface area (Å²) in [6.45, 7) is 10.9. The van der Waals surface area contributed by atoms with Gasteiger partial charge in [0.2, 0.25) is 5.91 Å². The number of anilines is 1. The summed E-state index contributed by atoms with van der Waals surface area (Å²) in [6.07, 6.45) is 0. The van der Waals surface area contributed by atoms with Gasteiger partial charge in [0.25, 0.3) is 5.89 Å². The first-order valence-electron chi connectivity index (χ1n) is 11.8. The minimum Gasteiger partial charge on any atom is -0.367 e. The summed E-state index contributed by atoms with van der Waals surface area (Å²) in [5.41, 5.74) is 1.25. The van der Waals surface area contributed by atoms with Crippen LogP contribution in [0.3, 0.4) is 0 Å². The number of nitrogens with zero attached hydrogens (tertiary/aromatic N) is 4. The third-order valence-corrected chi connectivity index (χ3v) is 6.52. The van der Waals surface area contributed by atoms with E-state index in [2.05, 4.69) is 20.4 Å². The summed E-state index contributed by atoms with van der Waals surface area (Å²) < 4.78 is 20.4. The predicted octanol–water partition coefficient (Wildman–Crippen LogP) is 4.17. The van der Waals surface area contributed by atoms with Crippen molar-refractivity contribution in [2.24, 2.45) is 0 Å². The minimum absolute atomic E-state index is 0.0227. The summed E-state index contributed by atoms with van der Waals surface area (Å²) >= 11 is 0. The first-order chi connectivity index (χ1) is 16.3. The molecule has 1 N–H and O–H groups in total. The quantitative estimate of drug-likeness (QED) is 0.565. The maximum atomic E-state index is 15.1. The highest BCUT2D eigenvalue weighted by molar-refractivity contribution is 5.87. The minimum atomic E-state index is -0.794. The van der Waals surface area contributed by atoms with Crippen LogP contribution in [-0.2, 0) is 10.3 Å². The van der Waals surface area contributed by atoms with E-state index in [1.165, 1.54) is 6.07 Å². The molecule has 34 heavy (non-hydrogen) atoms. The molecule has 1 aliphatic heterocycles. The van der Waals surface area contributed by atoms with Gasteiger partial charge in [-0.2, -0.15) is 4.98 Å². The van der Waals surface area contributed by atoms with Crippen molar-refractivity contribution in [1.29, 1.82) is 0 Å². The molecule has 2 heterocycles. The second kappa shape index (κ2) is 9.93. The average Bonchev–Trinajstić information content (AvgIpc) is 3.35. The van der Waals surface area contributed by atoms with Gasteiger partial charge < -0.3 is 14.7 Å². The van der Waals surface area contributed by atoms with Crippen molar-refractivity contribution < 1.29 is 13.7 Å². The Morgan fingerprint density at radius 3 is 2.44 bits per heavy atom. The number of halogens is 1. The number of amides is 1. The molecule has 1 aromatic heterocycles. The van der Waals surface area contributed by atoms with Crippen LogP contribution in [0.25, 0.3) is 11.5 Å². The third-order valence-electron chi connectivity index (χ3n) is 6.52. The summed E-state index contributed by atoms with van der Waals surface area (Å²) in [7, 11) is 0. The predicted molar refractivity (Wildman–Crippen MR) is 130 cm³/mol. The first kappa shape index (κ1) is 23.9. The van der Waals surface area contributed by atoms with Gasteiger partial charge in [-0.3, -0.25) is 9.69 Å². The molecule has 1 atom stereocenters. The summed E-state index contributed by atoms with van der Waals surface area (Å²) in [5, 5.41) is 6.95. The average molecular weight is 466 g/mol. The molecule has 0 saturated carbocycles. The number of hydrogen-bond acceptors (Lipinski definition) is 6. The highest BCUT2D eigenvalue weighted by atomic mass is 19.1. The fourth-order valence-corrected chi connectivity index (χ4v) is 4.43. The van der Waals surface area contributed by atoms with Gasteiger partial charge in [-0.15, -0.1) is 0 Å². The number of piperazine rings is 1. The molecule has 0 spiro atoms. The van der Waals surface area contributed by atoms with E-state index in [1.54, 1.807) is 6.07 Å². The fraction of sp³-hybridized carbons (Fsp3) is 0.423. The smallest absolute Gasteiger partial charge is 0.258 e. The fourth-order valence-electron chi connectivity index (χ4n) is 4.43. The van der Waals surface area contributed by atoms with Crippen LogP contribution >= 0.6 is 0 Å². The van der Waals surface area contributed by atoms with Crippen molar-refractivity contribution in [2.45, 2.75) is 39.2 Å². The van der Waals surface area contributed by atoms with E-state index in [-0.39, 0.29) is 17.6 Å². The van der Waals surface area contributed by atoms with E-state index in [1.807, 2.05) is 69.0 Å². The Labute approximate surface area is 200 Å². The zero-order valence-electron chi connectivity index (χ0n) is 20.2. The number of carbonyl (C=O) groups excluding carboxylic acids is 1. The molecule has 1 fully saturated rings. The van der Waals surface area contributed by atoms with E-state index in [9.17, 15) is 4.79 Å². The molecule has 1 amide bonds. The Morgan fingerprint density at radius 2 is 1.85 bits per heavy atom. The van der Waals surface area contributed by atoms with Crippen LogP contribution in [0.15, 0.2) is 53.1 Å². The Bertz CT molecular complexity index is 1130. The van der Waals surface area contributed by atoms with Gasteiger partial charge in [-0.25, -0.2) is 4.39 Å². The summed E-state index contributed by atoms with van der Waals surface area (Å²) in [6, 6.07) is 14.8. The van der Waals surface area contributed by atoms with Crippen LogP contribution in [0.1, 0.15) is 45.0 Å². The first-order valence-corrected chi connectivity index (χ1v) is 11.8. The Hall–Kier alpha value is -3.26.